The Balaban J connectivity index is 3.17. The van der Waals surface area contributed by atoms with Crippen molar-refractivity contribution >= 4 is 15.9 Å². The van der Waals surface area contributed by atoms with Crippen molar-refractivity contribution < 1.29 is 14.2 Å². The van der Waals surface area contributed by atoms with Gasteiger partial charge in [-0.3, -0.25) is 0 Å². The summed E-state index contributed by atoms with van der Waals surface area (Å²) in [7, 11) is 1.46. The number of halogens is 2. The molecule has 1 aromatic carbocycles. The van der Waals surface area contributed by atoms with Crippen molar-refractivity contribution in [1.82, 2.24) is 0 Å². The Morgan fingerprint density at radius 2 is 2.27 bits per heavy atom. The highest BCUT2D eigenvalue weighted by Gasteiger charge is 2.18. The van der Waals surface area contributed by atoms with Crippen molar-refractivity contribution in [3.8, 4) is 5.75 Å². The fourth-order valence-electron chi connectivity index (χ4n) is 1.36. The van der Waals surface area contributed by atoms with Crippen LogP contribution in [0.4, 0.5) is 4.39 Å². The van der Waals surface area contributed by atoms with E-state index in [1.54, 1.807) is 12.1 Å². The number of hydrogen-bond acceptors (Lipinski definition) is 3. The summed E-state index contributed by atoms with van der Waals surface area (Å²) in [5, 5.41) is 8.77. The van der Waals surface area contributed by atoms with E-state index in [1.807, 2.05) is 0 Å². The Bertz CT molecular complexity index is 346. The molecule has 3 N–H and O–H groups in total. The molecule has 0 radical (unpaired) electrons. The van der Waals surface area contributed by atoms with Crippen LogP contribution in [0.15, 0.2) is 16.6 Å². The minimum Gasteiger partial charge on any atom is -0.496 e. The van der Waals surface area contributed by atoms with Crippen LogP contribution in [0.1, 0.15) is 18.0 Å². The van der Waals surface area contributed by atoms with E-state index in [4.69, 9.17) is 15.6 Å². The predicted molar refractivity (Wildman–Crippen MR) is 59.3 cm³/mol. The summed E-state index contributed by atoms with van der Waals surface area (Å²) < 4.78 is 19.1. The lowest BCUT2D eigenvalue weighted by atomic mass is 10.0. The number of ether oxygens (including phenoxy) is 1. The van der Waals surface area contributed by atoms with Gasteiger partial charge >= 0.3 is 0 Å². The van der Waals surface area contributed by atoms with E-state index in [9.17, 15) is 4.39 Å². The normalized spacial score (nSPS) is 12.6. The minimum absolute atomic E-state index is 0.0870. The van der Waals surface area contributed by atoms with E-state index in [2.05, 4.69) is 15.9 Å². The van der Waals surface area contributed by atoms with E-state index < -0.39 is 11.9 Å². The molecule has 84 valence electrons. The summed E-state index contributed by atoms with van der Waals surface area (Å²) in [6, 6.07) is 2.63. The first-order valence-electron chi connectivity index (χ1n) is 4.50. The SMILES string of the molecule is COc1ccc(Br)c(F)c1C(N)CCO. The van der Waals surface area contributed by atoms with Crippen LogP contribution in [0, 0.1) is 5.82 Å². The molecule has 3 nitrogen and oxygen atoms in total. The largest absolute Gasteiger partial charge is 0.496 e. The van der Waals surface area contributed by atoms with Crippen molar-refractivity contribution in [2.75, 3.05) is 13.7 Å². The molecule has 1 rings (SSSR count). The Hall–Kier alpha value is -0.650. The minimum atomic E-state index is -0.567. The van der Waals surface area contributed by atoms with Crippen LogP contribution in [-0.4, -0.2) is 18.8 Å². The van der Waals surface area contributed by atoms with Crippen LogP contribution in [0.2, 0.25) is 0 Å². The van der Waals surface area contributed by atoms with Gasteiger partial charge in [-0.05, 0) is 34.5 Å². The van der Waals surface area contributed by atoms with Crippen molar-refractivity contribution in [2.45, 2.75) is 12.5 Å². The lowest BCUT2D eigenvalue weighted by Crippen LogP contribution is -2.15. The average Bonchev–Trinajstić information content (AvgIpc) is 2.22. The third-order valence-electron chi connectivity index (χ3n) is 2.12. The molecular weight excluding hydrogens is 265 g/mol. The second-order valence-electron chi connectivity index (χ2n) is 3.10. The molecule has 15 heavy (non-hydrogen) atoms. The molecule has 0 saturated heterocycles. The first-order chi connectivity index (χ1) is 7.11. The molecule has 0 fully saturated rings. The van der Waals surface area contributed by atoms with Gasteiger partial charge < -0.3 is 15.6 Å². The Labute approximate surface area is 96.2 Å². The first kappa shape index (κ1) is 12.4. The van der Waals surface area contributed by atoms with Gasteiger partial charge in [0.15, 0.2) is 0 Å². The van der Waals surface area contributed by atoms with Gasteiger partial charge in [-0.1, -0.05) is 0 Å². The van der Waals surface area contributed by atoms with E-state index in [0.717, 1.165) is 0 Å². The van der Waals surface area contributed by atoms with Crippen molar-refractivity contribution in [2.24, 2.45) is 5.73 Å². The monoisotopic (exact) mass is 277 g/mol. The zero-order chi connectivity index (χ0) is 11.4. The summed E-state index contributed by atoms with van der Waals surface area (Å²) in [5.74, 6) is -0.0352. The smallest absolute Gasteiger partial charge is 0.145 e. The van der Waals surface area contributed by atoms with Crippen molar-refractivity contribution in [3.05, 3.63) is 28.0 Å². The molecule has 0 bridgehead atoms. The molecule has 0 aromatic heterocycles. The molecule has 0 aliphatic rings. The van der Waals surface area contributed by atoms with Gasteiger partial charge in [0.2, 0.25) is 0 Å². The third-order valence-corrected chi connectivity index (χ3v) is 2.74. The Morgan fingerprint density at radius 3 is 2.80 bits per heavy atom. The molecule has 0 aliphatic carbocycles. The predicted octanol–water partition coefficient (Wildman–Crippen LogP) is 1.98. The highest BCUT2D eigenvalue weighted by atomic mass is 79.9. The van der Waals surface area contributed by atoms with Crippen LogP contribution in [0.5, 0.6) is 5.75 Å². The Morgan fingerprint density at radius 1 is 1.60 bits per heavy atom. The summed E-state index contributed by atoms with van der Waals surface area (Å²) in [4.78, 5) is 0. The number of nitrogens with two attached hydrogens (primary N) is 1. The van der Waals surface area contributed by atoms with Crippen LogP contribution in [-0.2, 0) is 0 Å². The topological polar surface area (TPSA) is 55.5 Å². The van der Waals surface area contributed by atoms with Crippen LogP contribution in [0.3, 0.4) is 0 Å². The molecule has 0 heterocycles. The number of aliphatic hydroxyl groups excluding tert-OH is 1. The van der Waals surface area contributed by atoms with Gasteiger partial charge in [-0.2, -0.15) is 0 Å². The van der Waals surface area contributed by atoms with Crippen molar-refractivity contribution in [3.63, 3.8) is 0 Å². The van der Waals surface area contributed by atoms with Gasteiger partial charge in [-0.15, -0.1) is 0 Å². The zero-order valence-electron chi connectivity index (χ0n) is 8.34. The van der Waals surface area contributed by atoms with Crippen LogP contribution >= 0.6 is 15.9 Å². The number of aliphatic hydroxyl groups is 1. The third kappa shape index (κ3) is 2.68. The second kappa shape index (κ2) is 5.44. The molecule has 0 aliphatic heterocycles. The first-order valence-corrected chi connectivity index (χ1v) is 5.29. The average molecular weight is 278 g/mol. The number of methoxy groups -OCH3 is 1. The molecule has 1 aromatic rings. The fraction of sp³-hybridized carbons (Fsp3) is 0.400. The van der Waals surface area contributed by atoms with E-state index in [0.29, 0.717) is 22.2 Å². The molecule has 0 amide bonds. The van der Waals surface area contributed by atoms with Crippen LogP contribution < -0.4 is 10.5 Å². The number of benzene rings is 1. The van der Waals surface area contributed by atoms with Gasteiger partial charge in [0.25, 0.3) is 0 Å². The maximum Gasteiger partial charge on any atom is 0.145 e. The second-order valence-corrected chi connectivity index (χ2v) is 3.95. The van der Waals surface area contributed by atoms with Gasteiger partial charge in [-0.25, -0.2) is 4.39 Å². The number of rotatable bonds is 4. The molecule has 5 heteroatoms. The zero-order valence-corrected chi connectivity index (χ0v) is 9.92. The van der Waals surface area contributed by atoms with Gasteiger partial charge in [0, 0.05) is 18.2 Å². The number of hydrogen-bond donors (Lipinski definition) is 2. The fourth-order valence-corrected chi connectivity index (χ4v) is 1.70. The molecular formula is C10H13BrFNO2. The standard InChI is InChI=1S/C10H13BrFNO2/c1-15-8-3-2-6(11)10(12)9(8)7(13)4-5-14/h2-3,7,14H,4-5,13H2,1H3. The van der Waals surface area contributed by atoms with Crippen molar-refractivity contribution in [1.29, 1.82) is 0 Å². The molecule has 1 unspecified atom stereocenters. The Kier molecular flexibility index (Phi) is 4.50. The summed E-state index contributed by atoms with van der Waals surface area (Å²) in [5.41, 5.74) is 6.04. The molecule has 0 saturated carbocycles. The van der Waals surface area contributed by atoms with Gasteiger partial charge in [0.05, 0.1) is 11.6 Å². The maximum absolute atomic E-state index is 13.7. The maximum atomic E-state index is 13.7. The van der Waals surface area contributed by atoms with E-state index in [1.165, 1.54) is 7.11 Å². The quantitative estimate of drug-likeness (QED) is 0.885. The lowest BCUT2D eigenvalue weighted by Gasteiger charge is -2.16. The molecule has 1 atom stereocenters. The highest BCUT2D eigenvalue weighted by molar-refractivity contribution is 9.10. The van der Waals surface area contributed by atoms with Gasteiger partial charge in [0.1, 0.15) is 11.6 Å². The van der Waals surface area contributed by atoms with E-state index in [-0.39, 0.29) is 6.61 Å². The lowest BCUT2D eigenvalue weighted by molar-refractivity contribution is 0.273. The summed E-state index contributed by atoms with van der Waals surface area (Å²) >= 11 is 3.08. The highest BCUT2D eigenvalue weighted by Crippen LogP contribution is 2.32. The molecule has 0 spiro atoms. The van der Waals surface area contributed by atoms with E-state index >= 15 is 0 Å². The van der Waals surface area contributed by atoms with Crippen LogP contribution in [0.25, 0.3) is 0 Å². The summed E-state index contributed by atoms with van der Waals surface area (Å²) in [6.07, 6.45) is 0.295. The summed E-state index contributed by atoms with van der Waals surface area (Å²) in [6.45, 7) is -0.0870.